The molecule has 3 amide bonds. The van der Waals surface area contributed by atoms with Crippen LogP contribution in [0.3, 0.4) is 0 Å². The van der Waals surface area contributed by atoms with E-state index in [0.29, 0.717) is 19.6 Å². The fourth-order valence-corrected chi connectivity index (χ4v) is 8.17. The molecule has 2 N–H and O–H groups in total. The number of hydrogen-bond acceptors (Lipinski definition) is 7. The summed E-state index contributed by atoms with van der Waals surface area (Å²) >= 11 is 4.88. The highest BCUT2D eigenvalue weighted by Crippen LogP contribution is 2.24. The number of hydrogen-bond donors (Lipinski definition) is 2. The number of nitrogens with zero attached hydrogens (tertiary/aromatic N) is 4. The highest BCUT2D eigenvalue weighted by Gasteiger charge is 2.40. The molecule has 0 spiro atoms. The average molecular weight is 735 g/mol. The zero-order chi connectivity index (χ0) is 33.6. The van der Waals surface area contributed by atoms with E-state index in [4.69, 9.17) is 0 Å². The molecule has 1 fully saturated rings. The molecule has 1 aliphatic heterocycles. The topological polar surface area (TPSA) is 123 Å². The summed E-state index contributed by atoms with van der Waals surface area (Å²) in [6.07, 6.45) is -0.963. The highest BCUT2D eigenvalue weighted by atomic mass is 79.9. The molecule has 3 atom stereocenters. The van der Waals surface area contributed by atoms with Gasteiger partial charge in [0.25, 0.3) is 0 Å². The second-order valence-electron chi connectivity index (χ2n) is 12.5. The molecule has 4 rings (SSSR count). The Morgan fingerprint density at radius 2 is 1.74 bits per heavy atom. The van der Waals surface area contributed by atoms with Crippen LogP contribution in [-0.2, 0) is 27.8 Å². The molecule has 0 aliphatic carbocycles. The van der Waals surface area contributed by atoms with Gasteiger partial charge in [-0.2, -0.15) is 4.31 Å². The Hall–Kier alpha value is -2.84. The molecule has 1 aliphatic rings. The molecule has 0 saturated carbocycles. The number of carbonyl (C=O) groups excluding carboxylic acids is 2. The number of halogens is 1. The fourth-order valence-electron chi connectivity index (χ4n) is 5.68. The van der Waals surface area contributed by atoms with E-state index < -0.39 is 28.2 Å². The number of carbonyl (C=O) groups is 2. The third-order valence-electron chi connectivity index (χ3n) is 7.88. The first kappa shape index (κ1) is 36.0. The van der Waals surface area contributed by atoms with E-state index in [2.05, 4.69) is 26.2 Å². The van der Waals surface area contributed by atoms with Crippen LogP contribution in [-0.4, -0.2) is 88.9 Å². The van der Waals surface area contributed by atoms with Gasteiger partial charge in [0.15, 0.2) is 0 Å². The maximum Gasteiger partial charge on any atom is 0.321 e. The molecule has 1 aromatic heterocycles. The van der Waals surface area contributed by atoms with Crippen LogP contribution in [0.5, 0.6) is 0 Å². The van der Waals surface area contributed by atoms with Gasteiger partial charge in [-0.3, -0.25) is 4.79 Å². The highest BCUT2D eigenvalue weighted by molar-refractivity contribution is 9.10. The summed E-state index contributed by atoms with van der Waals surface area (Å²) in [5.74, 6) is -0.613. The summed E-state index contributed by atoms with van der Waals surface area (Å²) in [5, 5.41) is 17.6. The Morgan fingerprint density at radius 3 is 2.33 bits per heavy atom. The molecule has 2 aromatic carbocycles. The lowest BCUT2D eigenvalue weighted by Gasteiger charge is -2.34. The van der Waals surface area contributed by atoms with Gasteiger partial charge < -0.3 is 20.2 Å². The lowest BCUT2D eigenvalue weighted by Crippen LogP contribution is -2.57. The second kappa shape index (κ2) is 15.8. The van der Waals surface area contributed by atoms with Gasteiger partial charge in [-0.1, -0.05) is 74.0 Å². The predicted octanol–water partition coefficient (Wildman–Crippen LogP) is 4.91. The quantitative estimate of drug-likeness (QED) is 0.229. The van der Waals surface area contributed by atoms with Crippen LogP contribution in [0, 0.1) is 18.8 Å². The van der Waals surface area contributed by atoms with Crippen LogP contribution >= 0.6 is 27.3 Å². The molecule has 46 heavy (non-hydrogen) atoms. The molecule has 1 unspecified atom stereocenters. The normalized spacial score (nSPS) is 16.0. The minimum Gasteiger partial charge on any atom is -0.390 e. The van der Waals surface area contributed by atoms with Gasteiger partial charge in [-0.05, 0) is 55.0 Å². The summed E-state index contributed by atoms with van der Waals surface area (Å²) in [4.78, 5) is 35.4. The summed E-state index contributed by atoms with van der Waals surface area (Å²) < 4.78 is 29.5. The van der Waals surface area contributed by atoms with Crippen LogP contribution in [0.4, 0.5) is 4.79 Å². The lowest BCUT2D eigenvalue weighted by molar-refractivity contribution is -0.128. The average Bonchev–Trinajstić information content (AvgIpc) is 3.57. The molecule has 10 nitrogen and oxygen atoms in total. The van der Waals surface area contributed by atoms with Crippen molar-refractivity contribution >= 4 is 49.2 Å². The molecule has 0 bridgehead atoms. The van der Waals surface area contributed by atoms with Gasteiger partial charge in [0.1, 0.15) is 6.04 Å². The number of aliphatic hydroxyl groups excluding tert-OH is 1. The monoisotopic (exact) mass is 733 g/mol. The molecule has 1 saturated heterocycles. The third-order valence-corrected chi connectivity index (χ3v) is 11.1. The van der Waals surface area contributed by atoms with Gasteiger partial charge in [-0.15, -0.1) is 11.3 Å². The number of aromatic nitrogens is 1. The van der Waals surface area contributed by atoms with E-state index in [0.717, 1.165) is 20.7 Å². The summed E-state index contributed by atoms with van der Waals surface area (Å²) in [7, 11) is -3.95. The van der Waals surface area contributed by atoms with Crippen molar-refractivity contribution < 1.29 is 23.1 Å². The first-order valence-corrected chi connectivity index (χ1v) is 18.6. The van der Waals surface area contributed by atoms with Crippen molar-refractivity contribution in [1.29, 1.82) is 0 Å². The van der Waals surface area contributed by atoms with Crippen molar-refractivity contribution in [3.8, 4) is 0 Å². The number of benzene rings is 2. The molecule has 250 valence electrons. The summed E-state index contributed by atoms with van der Waals surface area (Å²) in [6.45, 7) is 10.7. The SMILES string of the molecule is Cc1nc(CN2CCN(C(C(=O)N[C@@H](Cc3ccccc3)[C@H](O)CN(CC(C)C)S(=O)(=O)c3ccc(Br)cc3)C(C)C)C2=O)cs1. The predicted molar refractivity (Wildman–Crippen MR) is 184 cm³/mol. The fraction of sp³-hybridized carbons (Fsp3) is 0.485. The minimum absolute atomic E-state index is 0.0118. The van der Waals surface area contributed by atoms with Crippen LogP contribution in [0.15, 0.2) is 69.3 Å². The second-order valence-corrected chi connectivity index (χ2v) is 16.4. The number of aliphatic hydroxyl groups is 1. The smallest absolute Gasteiger partial charge is 0.321 e. The summed E-state index contributed by atoms with van der Waals surface area (Å²) in [6, 6.07) is 14.0. The van der Waals surface area contributed by atoms with Crippen molar-refractivity contribution in [3.63, 3.8) is 0 Å². The Balaban J connectivity index is 1.56. The number of nitrogens with one attached hydrogen (secondary N) is 1. The van der Waals surface area contributed by atoms with Crippen molar-refractivity contribution in [1.82, 2.24) is 24.4 Å². The number of sulfonamides is 1. The minimum atomic E-state index is -3.95. The van der Waals surface area contributed by atoms with Crippen LogP contribution in [0.2, 0.25) is 0 Å². The Kier molecular flexibility index (Phi) is 12.4. The van der Waals surface area contributed by atoms with E-state index in [-0.39, 0.29) is 48.2 Å². The van der Waals surface area contributed by atoms with Crippen LogP contribution in [0.25, 0.3) is 0 Å². The molecule has 2 heterocycles. The van der Waals surface area contributed by atoms with Gasteiger partial charge >= 0.3 is 6.03 Å². The van der Waals surface area contributed by atoms with E-state index in [1.165, 1.54) is 27.8 Å². The number of amides is 3. The van der Waals surface area contributed by atoms with Crippen LogP contribution in [0.1, 0.15) is 44.0 Å². The molecule has 0 radical (unpaired) electrons. The van der Waals surface area contributed by atoms with Gasteiger partial charge in [0.2, 0.25) is 15.9 Å². The Labute approximate surface area is 285 Å². The van der Waals surface area contributed by atoms with E-state index in [1.54, 1.807) is 21.9 Å². The van der Waals surface area contributed by atoms with Gasteiger partial charge in [0.05, 0.1) is 34.3 Å². The van der Waals surface area contributed by atoms with Crippen molar-refractivity contribution in [2.24, 2.45) is 11.8 Å². The Bertz CT molecular complexity index is 1570. The summed E-state index contributed by atoms with van der Waals surface area (Å²) in [5.41, 5.74) is 1.69. The molecule has 13 heteroatoms. The standard InChI is InChI=1S/C33H44BrN5O5S2/c1-22(2)18-38(46(43,44)28-13-11-26(34)12-14-28)20-30(40)29(17-25-9-7-6-8-10-25)36-32(41)31(23(3)4)39-16-15-37(33(39)42)19-27-21-45-24(5)35-27/h6-14,21-23,29-31,40H,15-20H2,1-5H3,(H,36,41)/t29-,30+,31?/m0/s1. The molecule has 3 aromatic rings. The number of thiazole rings is 1. The lowest BCUT2D eigenvalue weighted by atomic mass is 9.97. The number of rotatable bonds is 15. The van der Waals surface area contributed by atoms with Gasteiger partial charge in [-0.25, -0.2) is 18.2 Å². The van der Waals surface area contributed by atoms with Crippen molar-refractivity contribution in [2.45, 2.75) is 70.7 Å². The van der Waals surface area contributed by atoms with Crippen molar-refractivity contribution in [3.05, 3.63) is 80.7 Å². The maximum absolute atomic E-state index is 14.0. The molecular weight excluding hydrogens is 690 g/mol. The zero-order valence-corrected chi connectivity index (χ0v) is 30.2. The van der Waals surface area contributed by atoms with E-state index in [1.807, 2.05) is 70.3 Å². The van der Waals surface area contributed by atoms with Crippen molar-refractivity contribution in [2.75, 3.05) is 26.2 Å². The van der Waals surface area contributed by atoms with Gasteiger partial charge in [0, 0.05) is 36.0 Å². The van der Waals surface area contributed by atoms with E-state index in [9.17, 15) is 23.1 Å². The number of urea groups is 1. The first-order chi connectivity index (χ1) is 21.8. The largest absolute Gasteiger partial charge is 0.390 e. The zero-order valence-electron chi connectivity index (χ0n) is 27.0. The molecular formula is C33H44BrN5O5S2. The van der Waals surface area contributed by atoms with Crippen LogP contribution < -0.4 is 5.32 Å². The van der Waals surface area contributed by atoms with E-state index >= 15 is 0 Å². The maximum atomic E-state index is 14.0. The third kappa shape index (κ3) is 9.15. The number of aryl methyl sites for hydroxylation is 1. The first-order valence-electron chi connectivity index (χ1n) is 15.5. The Morgan fingerprint density at radius 1 is 1.07 bits per heavy atom.